The summed E-state index contributed by atoms with van der Waals surface area (Å²) < 4.78 is 0. The molecule has 16 heavy (non-hydrogen) atoms. The molecule has 0 aromatic heterocycles. The van der Waals surface area contributed by atoms with E-state index in [-0.39, 0.29) is 7.43 Å². The topological polar surface area (TPSA) is 0 Å². The van der Waals surface area contributed by atoms with E-state index < -0.39 is 0 Å². The van der Waals surface area contributed by atoms with Crippen molar-refractivity contribution in [2.45, 2.75) is 41.0 Å². The van der Waals surface area contributed by atoms with Crippen molar-refractivity contribution < 1.29 is 0 Å². The van der Waals surface area contributed by atoms with Gasteiger partial charge in [-0.1, -0.05) is 77.6 Å². The number of hydrogen-bond acceptors (Lipinski definition) is 0. The van der Waals surface area contributed by atoms with Gasteiger partial charge in [0.05, 0.1) is 0 Å². The Kier molecular flexibility index (Phi) is 6.48. The van der Waals surface area contributed by atoms with E-state index in [1.165, 1.54) is 16.3 Å². The summed E-state index contributed by atoms with van der Waals surface area (Å²) in [5, 5.41) is 2.73. The summed E-state index contributed by atoms with van der Waals surface area (Å²) in [6.45, 7) is 8.48. The molecule has 0 aliphatic heterocycles. The average Bonchev–Trinajstić information content (AvgIpc) is 2.31. The Morgan fingerprint density at radius 1 is 0.812 bits per heavy atom. The largest absolute Gasteiger partial charge is 0.0776 e. The van der Waals surface area contributed by atoms with E-state index in [4.69, 9.17) is 0 Å². The van der Waals surface area contributed by atoms with E-state index in [0.29, 0.717) is 5.92 Å². The van der Waals surface area contributed by atoms with Crippen LogP contribution < -0.4 is 0 Å². The van der Waals surface area contributed by atoms with Crippen LogP contribution in [0.15, 0.2) is 42.5 Å². The van der Waals surface area contributed by atoms with Gasteiger partial charge in [-0.3, -0.25) is 0 Å². The fourth-order valence-corrected chi connectivity index (χ4v) is 1.75. The van der Waals surface area contributed by atoms with Crippen molar-refractivity contribution in [3.8, 4) is 0 Å². The van der Waals surface area contributed by atoms with E-state index in [1.807, 2.05) is 13.8 Å². The molecule has 0 unspecified atom stereocenters. The van der Waals surface area contributed by atoms with Crippen LogP contribution in [-0.4, -0.2) is 0 Å². The lowest BCUT2D eigenvalue weighted by molar-refractivity contribution is 0.876. The lowest BCUT2D eigenvalue weighted by Crippen LogP contribution is -1.88. The van der Waals surface area contributed by atoms with Crippen LogP contribution in [0.1, 0.15) is 46.6 Å². The minimum absolute atomic E-state index is 0. The lowest BCUT2D eigenvalue weighted by Gasteiger charge is -2.08. The smallest absolute Gasteiger partial charge is 0.0149 e. The zero-order valence-electron chi connectivity index (χ0n) is 10.1. The zero-order valence-corrected chi connectivity index (χ0v) is 10.1. The van der Waals surface area contributed by atoms with Crippen LogP contribution in [0.2, 0.25) is 0 Å². The molecule has 0 aliphatic carbocycles. The highest BCUT2D eigenvalue weighted by Crippen LogP contribution is 2.24. The van der Waals surface area contributed by atoms with Crippen molar-refractivity contribution in [1.29, 1.82) is 0 Å². The normalized spacial score (nSPS) is 9.31. The number of fused-ring (bicyclic) bond motifs is 1. The van der Waals surface area contributed by atoms with Gasteiger partial charge in [0.2, 0.25) is 0 Å². The van der Waals surface area contributed by atoms with Crippen molar-refractivity contribution in [3.05, 3.63) is 48.0 Å². The van der Waals surface area contributed by atoms with Crippen LogP contribution in [0.5, 0.6) is 0 Å². The molecule has 88 valence electrons. The molecule has 0 amide bonds. The zero-order chi connectivity index (χ0) is 11.3. The van der Waals surface area contributed by atoms with Crippen molar-refractivity contribution >= 4 is 10.8 Å². The van der Waals surface area contributed by atoms with Gasteiger partial charge in [0.25, 0.3) is 0 Å². The monoisotopic (exact) mass is 216 g/mol. The minimum Gasteiger partial charge on any atom is -0.0776 e. The Bertz CT molecular complexity index is 408. The van der Waals surface area contributed by atoms with Gasteiger partial charge in [-0.05, 0) is 22.3 Å². The molecule has 0 atom stereocenters. The third-order valence-electron chi connectivity index (χ3n) is 2.45. The van der Waals surface area contributed by atoms with Crippen LogP contribution in [0.25, 0.3) is 10.8 Å². The lowest BCUT2D eigenvalue weighted by atomic mass is 9.96. The quantitative estimate of drug-likeness (QED) is 0.580. The summed E-state index contributed by atoms with van der Waals surface area (Å²) in [4.78, 5) is 0. The molecule has 0 radical (unpaired) electrons. The van der Waals surface area contributed by atoms with E-state index >= 15 is 0 Å². The first-order chi connectivity index (χ1) is 7.29. The predicted octanol–water partition coefficient (Wildman–Crippen LogP) is 5.63. The molecule has 0 saturated heterocycles. The van der Waals surface area contributed by atoms with Gasteiger partial charge in [-0.15, -0.1) is 0 Å². The summed E-state index contributed by atoms with van der Waals surface area (Å²) >= 11 is 0. The van der Waals surface area contributed by atoms with E-state index in [9.17, 15) is 0 Å². The molecule has 0 aliphatic rings. The Labute approximate surface area is 100 Å². The first kappa shape index (κ1) is 14.7. The molecule has 0 heterocycles. The van der Waals surface area contributed by atoms with Crippen molar-refractivity contribution in [2.75, 3.05) is 0 Å². The third-order valence-corrected chi connectivity index (χ3v) is 2.45. The summed E-state index contributed by atoms with van der Waals surface area (Å²) in [5.74, 6) is 0.603. The summed E-state index contributed by atoms with van der Waals surface area (Å²) in [5.41, 5.74) is 1.44. The maximum Gasteiger partial charge on any atom is -0.0149 e. The average molecular weight is 216 g/mol. The van der Waals surface area contributed by atoms with Gasteiger partial charge in [0.15, 0.2) is 0 Å². The molecule has 0 saturated carbocycles. The van der Waals surface area contributed by atoms with E-state index in [0.717, 1.165) is 0 Å². The van der Waals surface area contributed by atoms with Gasteiger partial charge >= 0.3 is 0 Å². The fraction of sp³-hybridized carbons (Fsp3) is 0.375. The molecule has 0 spiro atoms. The Morgan fingerprint density at radius 2 is 1.38 bits per heavy atom. The van der Waals surface area contributed by atoms with Crippen LogP contribution in [-0.2, 0) is 0 Å². The summed E-state index contributed by atoms with van der Waals surface area (Å²) in [6.07, 6.45) is 0. The third kappa shape index (κ3) is 3.10. The second-order valence-electron chi connectivity index (χ2n) is 3.72. The van der Waals surface area contributed by atoms with Crippen molar-refractivity contribution in [1.82, 2.24) is 0 Å². The predicted molar refractivity (Wildman–Crippen MR) is 76.1 cm³/mol. The number of rotatable bonds is 1. The highest BCUT2D eigenvalue weighted by Gasteiger charge is 2.02. The molecule has 0 heteroatoms. The molecule has 0 nitrogen and oxygen atoms in total. The Hall–Kier alpha value is -1.30. The Balaban J connectivity index is 0.000000711. The number of hydrogen-bond donors (Lipinski definition) is 0. The molecular weight excluding hydrogens is 192 g/mol. The van der Waals surface area contributed by atoms with Gasteiger partial charge in [-0.25, -0.2) is 0 Å². The maximum absolute atomic E-state index is 2.24. The highest BCUT2D eigenvalue weighted by molar-refractivity contribution is 5.86. The maximum atomic E-state index is 2.24. The van der Waals surface area contributed by atoms with E-state index in [2.05, 4.69) is 56.3 Å². The van der Waals surface area contributed by atoms with Gasteiger partial charge in [0, 0.05) is 0 Å². The molecular formula is C16H24. The SMILES string of the molecule is C.CC.CC(C)c1cccc2ccccc12. The van der Waals surface area contributed by atoms with Crippen LogP contribution in [0, 0.1) is 0 Å². The minimum atomic E-state index is 0. The molecule has 0 fully saturated rings. The first-order valence-corrected chi connectivity index (χ1v) is 5.76. The molecule has 2 aromatic carbocycles. The van der Waals surface area contributed by atoms with Crippen molar-refractivity contribution in [2.24, 2.45) is 0 Å². The summed E-state index contributed by atoms with van der Waals surface area (Å²) in [7, 11) is 0. The molecule has 0 bridgehead atoms. The van der Waals surface area contributed by atoms with Gasteiger partial charge in [0.1, 0.15) is 0 Å². The van der Waals surface area contributed by atoms with E-state index in [1.54, 1.807) is 0 Å². The van der Waals surface area contributed by atoms with Gasteiger partial charge < -0.3 is 0 Å². The van der Waals surface area contributed by atoms with Crippen LogP contribution in [0.4, 0.5) is 0 Å². The second kappa shape index (κ2) is 7.05. The number of benzene rings is 2. The standard InChI is InChI=1S/C13H14.C2H6.CH4/c1-10(2)12-9-5-7-11-6-3-4-8-13(11)12;1-2;/h3-10H,1-2H3;1-2H3;1H4. The molecule has 0 N–H and O–H groups in total. The highest BCUT2D eigenvalue weighted by atomic mass is 14.1. The summed E-state index contributed by atoms with van der Waals surface area (Å²) in [6, 6.07) is 15.1. The van der Waals surface area contributed by atoms with Crippen molar-refractivity contribution in [3.63, 3.8) is 0 Å². The first-order valence-electron chi connectivity index (χ1n) is 5.76. The molecule has 2 aromatic rings. The van der Waals surface area contributed by atoms with Gasteiger partial charge in [-0.2, -0.15) is 0 Å². The molecule has 2 rings (SSSR count). The fourth-order valence-electron chi connectivity index (χ4n) is 1.75. The Morgan fingerprint density at radius 3 is 2.00 bits per heavy atom. The van der Waals surface area contributed by atoms with Crippen LogP contribution >= 0.6 is 0 Å². The second-order valence-corrected chi connectivity index (χ2v) is 3.72. The van der Waals surface area contributed by atoms with Crippen LogP contribution in [0.3, 0.4) is 0 Å².